The molecule has 1 aromatic rings. The summed E-state index contributed by atoms with van der Waals surface area (Å²) in [4.78, 5) is 0. The first kappa shape index (κ1) is 14.5. The van der Waals surface area contributed by atoms with Crippen LogP contribution >= 0.6 is 23.2 Å². The molecule has 0 aromatic heterocycles. The lowest BCUT2D eigenvalue weighted by Gasteiger charge is -2.13. The molecule has 0 saturated carbocycles. The number of hydrogen-bond acceptors (Lipinski definition) is 1. The zero-order valence-electron chi connectivity index (χ0n) is 8.86. The minimum Gasteiger partial charge on any atom is -0.405 e. The van der Waals surface area contributed by atoms with Crippen LogP contribution in [0, 0.1) is 0 Å². The van der Waals surface area contributed by atoms with Crippen molar-refractivity contribution < 1.29 is 17.9 Å². The van der Waals surface area contributed by atoms with Crippen molar-refractivity contribution in [1.29, 1.82) is 0 Å². The maximum Gasteiger partial charge on any atom is 0.573 e. The maximum atomic E-state index is 12.1. The monoisotopic (exact) mass is 286 g/mol. The summed E-state index contributed by atoms with van der Waals surface area (Å²) in [5, 5.41) is 0. The second-order valence-electron chi connectivity index (χ2n) is 3.42. The number of hydrogen-bond donors (Lipinski definition) is 0. The Labute approximate surface area is 107 Å². The molecule has 1 aromatic carbocycles. The van der Waals surface area contributed by atoms with E-state index in [0.29, 0.717) is 17.9 Å². The highest BCUT2D eigenvalue weighted by molar-refractivity contribution is 6.17. The minimum absolute atomic E-state index is 0.0277. The zero-order valence-corrected chi connectivity index (χ0v) is 10.4. The lowest BCUT2D eigenvalue weighted by atomic mass is 10.1. The molecule has 0 radical (unpaired) electrons. The second-order valence-corrected chi connectivity index (χ2v) is 4.06. The SMILES string of the molecule is FC(F)(F)Oc1ccc(CCCCl)cc1CCl. The van der Waals surface area contributed by atoms with Crippen LogP contribution in [0.2, 0.25) is 0 Å². The number of aryl methyl sites for hydroxylation is 1. The molecule has 0 fully saturated rings. The lowest BCUT2D eigenvalue weighted by Crippen LogP contribution is -2.18. The molecule has 0 saturated heterocycles. The smallest absolute Gasteiger partial charge is 0.405 e. The molecular formula is C11H11Cl2F3O. The van der Waals surface area contributed by atoms with Crippen molar-refractivity contribution in [2.45, 2.75) is 25.1 Å². The minimum atomic E-state index is -4.70. The van der Waals surface area contributed by atoms with E-state index in [4.69, 9.17) is 23.2 Å². The van der Waals surface area contributed by atoms with Crippen LogP contribution in [0.15, 0.2) is 18.2 Å². The van der Waals surface area contributed by atoms with Crippen molar-refractivity contribution in [1.82, 2.24) is 0 Å². The van der Waals surface area contributed by atoms with E-state index in [-0.39, 0.29) is 11.6 Å². The summed E-state index contributed by atoms with van der Waals surface area (Å²) < 4.78 is 40.1. The fraction of sp³-hybridized carbons (Fsp3) is 0.455. The summed E-state index contributed by atoms with van der Waals surface area (Å²) >= 11 is 11.1. The van der Waals surface area contributed by atoms with E-state index >= 15 is 0 Å². The van der Waals surface area contributed by atoms with E-state index in [1.54, 1.807) is 12.1 Å². The first-order valence-corrected chi connectivity index (χ1v) is 6.02. The van der Waals surface area contributed by atoms with E-state index in [9.17, 15) is 13.2 Å². The summed E-state index contributed by atoms with van der Waals surface area (Å²) in [5.74, 6) is 0.235. The summed E-state index contributed by atoms with van der Waals surface area (Å²) in [5.41, 5.74) is 1.23. The van der Waals surface area contributed by atoms with Crippen LogP contribution in [0.25, 0.3) is 0 Å². The van der Waals surface area contributed by atoms with Crippen molar-refractivity contribution in [3.63, 3.8) is 0 Å². The number of benzene rings is 1. The standard InChI is InChI=1S/C11H11Cl2F3O/c12-5-1-2-8-3-4-10(9(6-8)7-13)17-11(14,15)16/h3-4,6H,1-2,5,7H2. The predicted octanol–water partition coefficient (Wildman–Crippen LogP) is 4.50. The van der Waals surface area contributed by atoms with E-state index < -0.39 is 6.36 Å². The van der Waals surface area contributed by atoms with Gasteiger partial charge < -0.3 is 4.74 Å². The molecule has 0 heterocycles. The first-order valence-electron chi connectivity index (χ1n) is 4.95. The summed E-state index contributed by atoms with van der Waals surface area (Å²) in [6.07, 6.45) is -3.22. The van der Waals surface area contributed by atoms with Gasteiger partial charge in [-0.1, -0.05) is 12.1 Å². The van der Waals surface area contributed by atoms with E-state index in [0.717, 1.165) is 12.0 Å². The van der Waals surface area contributed by atoms with Gasteiger partial charge >= 0.3 is 6.36 Å². The largest absolute Gasteiger partial charge is 0.573 e. The average Bonchev–Trinajstić information content (AvgIpc) is 2.25. The highest BCUT2D eigenvalue weighted by Crippen LogP contribution is 2.28. The molecule has 0 aliphatic rings. The molecule has 0 unspecified atom stereocenters. The van der Waals surface area contributed by atoms with Crippen LogP contribution in [0.4, 0.5) is 13.2 Å². The Hall–Kier alpha value is -0.610. The molecular weight excluding hydrogens is 276 g/mol. The first-order chi connectivity index (χ1) is 7.96. The Balaban J connectivity index is 2.85. The topological polar surface area (TPSA) is 9.23 Å². The molecule has 0 aliphatic carbocycles. The number of rotatable bonds is 5. The van der Waals surface area contributed by atoms with Gasteiger partial charge in [0.05, 0.1) is 5.88 Å². The normalized spacial score (nSPS) is 11.6. The average molecular weight is 287 g/mol. The van der Waals surface area contributed by atoms with Gasteiger partial charge in [0.15, 0.2) is 0 Å². The quantitative estimate of drug-likeness (QED) is 0.725. The lowest BCUT2D eigenvalue weighted by molar-refractivity contribution is -0.274. The third kappa shape index (κ3) is 5.04. The van der Waals surface area contributed by atoms with Gasteiger partial charge in [-0.15, -0.1) is 36.4 Å². The molecule has 0 amide bonds. The third-order valence-corrected chi connectivity index (χ3v) is 2.65. The van der Waals surface area contributed by atoms with E-state index in [2.05, 4.69) is 4.74 Å². The molecule has 0 spiro atoms. The fourth-order valence-corrected chi connectivity index (χ4v) is 1.73. The third-order valence-electron chi connectivity index (χ3n) is 2.09. The van der Waals surface area contributed by atoms with Gasteiger partial charge in [-0.3, -0.25) is 0 Å². The molecule has 0 N–H and O–H groups in total. The van der Waals surface area contributed by atoms with Crippen LogP contribution in [0.1, 0.15) is 17.5 Å². The van der Waals surface area contributed by atoms with Gasteiger partial charge in [-0.25, -0.2) is 0 Å². The molecule has 17 heavy (non-hydrogen) atoms. The van der Waals surface area contributed by atoms with E-state index in [1.807, 2.05) is 0 Å². The molecule has 1 nitrogen and oxygen atoms in total. The van der Waals surface area contributed by atoms with Crippen molar-refractivity contribution in [3.05, 3.63) is 29.3 Å². The fourth-order valence-electron chi connectivity index (χ4n) is 1.39. The molecule has 1 rings (SSSR count). The van der Waals surface area contributed by atoms with Crippen LogP contribution < -0.4 is 4.74 Å². The van der Waals surface area contributed by atoms with Gasteiger partial charge in [0.1, 0.15) is 5.75 Å². The molecule has 96 valence electrons. The van der Waals surface area contributed by atoms with E-state index in [1.165, 1.54) is 6.07 Å². The second kappa shape index (κ2) is 6.36. The number of alkyl halides is 5. The summed E-state index contributed by atoms with van der Waals surface area (Å²) in [6, 6.07) is 4.49. The van der Waals surface area contributed by atoms with Crippen LogP contribution in [0.3, 0.4) is 0 Å². The van der Waals surface area contributed by atoms with Crippen LogP contribution in [0.5, 0.6) is 5.75 Å². The molecule has 6 heteroatoms. The Morgan fingerprint density at radius 1 is 1.18 bits per heavy atom. The van der Waals surface area contributed by atoms with Gasteiger partial charge in [-0.05, 0) is 24.5 Å². The zero-order chi connectivity index (χ0) is 12.9. The van der Waals surface area contributed by atoms with Gasteiger partial charge in [0.25, 0.3) is 0 Å². The Kier molecular flexibility index (Phi) is 5.40. The van der Waals surface area contributed by atoms with Gasteiger partial charge in [0.2, 0.25) is 0 Å². The maximum absolute atomic E-state index is 12.1. The highest BCUT2D eigenvalue weighted by Gasteiger charge is 2.31. The molecule has 0 aliphatic heterocycles. The Morgan fingerprint density at radius 3 is 2.41 bits per heavy atom. The van der Waals surface area contributed by atoms with Crippen molar-refractivity contribution in [2.24, 2.45) is 0 Å². The van der Waals surface area contributed by atoms with Gasteiger partial charge in [-0.2, -0.15) is 0 Å². The molecule has 0 atom stereocenters. The van der Waals surface area contributed by atoms with Crippen LogP contribution in [-0.2, 0) is 12.3 Å². The Morgan fingerprint density at radius 2 is 1.88 bits per heavy atom. The Bertz CT molecular complexity index is 366. The predicted molar refractivity (Wildman–Crippen MR) is 61.7 cm³/mol. The van der Waals surface area contributed by atoms with Gasteiger partial charge in [0, 0.05) is 11.4 Å². The van der Waals surface area contributed by atoms with Crippen molar-refractivity contribution in [3.8, 4) is 5.75 Å². The number of ether oxygens (including phenoxy) is 1. The van der Waals surface area contributed by atoms with Crippen LogP contribution in [-0.4, -0.2) is 12.2 Å². The highest BCUT2D eigenvalue weighted by atomic mass is 35.5. The summed E-state index contributed by atoms with van der Waals surface area (Å²) in [6.45, 7) is 0. The van der Waals surface area contributed by atoms with Crippen molar-refractivity contribution in [2.75, 3.05) is 5.88 Å². The molecule has 0 bridgehead atoms. The summed E-state index contributed by atoms with van der Waals surface area (Å²) in [7, 11) is 0. The number of halogens is 5. The van der Waals surface area contributed by atoms with Crippen molar-refractivity contribution >= 4 is 23.2 Å².